The Hall–Kier alpha value is -2.62. The van der Waals surface area contributed by atoms with E-state index in [2.05, 4.69) is 15.5 Å². The van der Waals surface area contributed by atoms with Gasteiger partial charge in [0, 0.05) is 48.4 Å². The minimum Gasteiger partial charge on any atom is -0.368 e. The maximum absolute atomic E-state index is 13.3. The molecule has 0 spiro atoms. The van der Waals surface area contributed by atoms with Gasteiger partial charge in [0.1, 0.15) is 12.1 Å². The molecule has 2 heterocycles. The third-order valence-corrected chi connectivity index (χ3v) is 8.46. The molecule has 3 fully saturated rings. The number of imide groups is 1. The topological polar surface area (TPSA) is 81.8 Å². The van der Waals surface area contributed by atoms with Crippen molar-refractivity contribution in [3.05, 3.63) is 29.3 Å². The number of carbonyl (C=O) groups excluding carboxylic acids is 3. The van der Waals surface area contributed by atoms with Crippen LogP contribution in [0.1, 0.15) is 80.6 Å². The molecule has 3 amide bonds. The number of alkyl halides is 3. The van der Waals surface area contributed by atoms with Crippen LogP contribution in [0.4, 0.5) is 18.9 Å². The summed E-state index contributed by atoms with van der Waals surface area (Å²) in [5.74, 6) is -0.218. The molecule has 2 saturated carbocycles. The lowest BCUT2D eigenvalue weighted by Crippen LogP contribution is -2.52. The lowest BCUT2D eigenvalue weighted by Gasteiger charge is -2.40. The average molecular weight is 521 g/mol. The van der Waals surface area contributed by atoms with Crippen molar-refractivity contribution in [3.8, 4) is 0 Å². The second kappa shape index (κ2) is 10.3. The minimum atomic E-state index is -4.25. The van der Waals surface area contributed by atoms with Crippen LogP contribution in [0.2, 0.25) is 0 Å². The Labute approximate surface area is 215 Å². The van der Waals surface area contributed by atoms with Crippen molar-refractivity contribution in [1.29, 1.82) is 0 Å². The molecule has 202 valence electrons. The molecule has 0 bridgehead atoms. The van der Waals surface area contributed by atoms with E-state index < -0.39 is 24.2 Å². The van der Waals surface area contributed by atoms with E-state index in [9.17, 15) is 27.6 Å². The molecule has 0 radical (unpaired) electrons. The Balaban J connectivity index is 1.33. The van der Waals surface area contributed by atoms with Gasteiger partial charge in [0.2, 0.25) is 11.8 Å². The van der Waals surface area contributed by atoms with E-state index >= 15 is 0 Å². The summed E-state index contributed by atoms with van der Waals surface area (Å²) >= 11 is 0. The monoisotopic (exact) mass is 520 g/mol. The molecule has 1 unspecified atom stereocenters. The van der Waals surface area contributed by atoms with E-state index in [0.29, 0.717) is 37.3 Å². The van der Waals surface area contributed by atoms with Crippen LogP contribution in [0.15, 0.2) is 18.2 Å². The van der Waals surface area contributed by atoms with Crippen molar-refractivity contribution in [2.45, 2.75) is 102 Å². The first-order chi connectivity index (χ1) is 17.6. The van der Waals surface area contributed by atoms with Crippen molar-refractivity contribution >= 4 is 23.4 Å². The van der Waals surface area contributed by atoms with Gasteiger partial charge in [-0.3, -0.25) is 19.7 Å². The molecule has 5 rings (SSSR count). The molecule has 37 heavy (non-hydrogen) atoms. The number of hydrogen-bond acceptors (Lipinski definition) is 5. The number of fused-ring (bicyclic) bond motifs is 1. The first-order valence-electron chi connectivity index (χ1n) is 13.5. The number of rotatable bonds is 8. The maximum atomic E-state index is 13.3. The Morgan fingerprint density at radius 3 is 2.46 bits per heavy atom. The van der Waals surface area contributed by atoms with Gasteiger partial charge in [0.25, 0.3) is 5.91 Å². The summed E-state index contributed by atoms with van der Waals surface area (Å²) in [6.07, 6.45) is 2.69. The highest BCUT2D eigenvalue weighted by atomic mass is 19.4. The second-order valence-electron chi connectivity index (χ2n) is 11.1. The standard InChI is InChI=1S/C27H35F3N4O3/c1-16(27(28,29)30)31-18-7-9-19(10-8-18)33(14-13-17-5-6-17)22-4-2-3-20-21(22)15-34(26(20)37)23-11-12-24(35)32-25(23)36/h2-4,16-19,23,31H,5-15H2,1H3,(H,32,35,36)/t16-,18?,19?,23?/m1/s1. The van der Waals surface area contributed by atoms with Crippen molar-refractivity contribution in [2.24, 2.45) is 5.92 Å². The maximum Gasteiger partial charge on any atom is 0.403 e. The van der Waals surface area contributed by atoms with Gasteiger partial charge in [-0.2, -0.15) is 13.2 Å². The van der Waals surface area contributed by atoms with Crippen molar-refractivity contribution in [3.63, 3.8) is 0 Å². The van der Waals surface area contributed by atoms with Crippen LogP contribution < -0.4 is 15.5 Å². The summed E-state index contributed by atoms with van der Waals surface area (Å²) in [5.41, 5.74) is 2.48. The van der Waals surface area contributed by atoms with Gasteiger partial charge in [0.15, 0.2) is 0 Å². The van der Waals surface area contributed by atoms with Crippen molar-refractivity contribution in [2.75, 3.05) is 11.4 Å². The quantitative estimate of drug-likeness (QED) is 0.508. The SMILES string of the molecule is C[C@@H](NC1CCC(N(CCC2CC2)c2cccc3c2CN(C2CCC(=O)NC2=O)C3=O)CC1)C(F)(F)F. The highest BCUT2D eigenvalue weighted by Crippen LogP contribution is 2.39. The highest BCUT2D eigenvalue weighted by Gasteiger charge is 2.42. The van der Waals surface area contributed by atoms with E-state index in [4.69, 9.17) is 0 Å². The second-order valence-corrected chi connectivity index (χ2v) is 11.1. The molecule has 7 nitrogen and oxygen atoms in total. The highest BCUT2D eigenvalue weighted by molar-refractivity contribution is 6.06. The predicted molar refractivity (Wildman–Crippen MR) is 132 cm³/mol. The zero-order valence-corrected chi connectivity index (χ0v) is 21.2. The zero-order valence-electron chi connectivity index (χ0n) is 21.2. The van der Waals surface area contributed by atoms with Crippen molar-refractivity contribution < 1.29 is 27.6 Å². The van der Waals surface area contributed by atoms with Crippen LogP contribution >= 0.6 is 0 Å². The summed E-state index contributed by atoms with van der Waals surface area (Å²) in [7, 11) is 0. The minimum absolute atomic E-state index is 0.163. The Kier molecular flexibility index (Phi) is 7.22. The Morgan fingerprint density at radius 1 is 1.08 bits per heavy atom. The summed E-state index contributed by atoms with van der Waals surface area (Å²) in [4.78, 5) is 41.4. The van der Waals surface area contributed by atoms with Gasteiger partial charge < -0.3 is 15.1 Å². The van der Waals surface area contributed by atoms with Crippen LogP contribution in [-0.2, 0) is 16.1 Å². The van der Waals surface area contributed by atoms with Gasteiger partial charge in [-0.15, -0.1) is 0 Å². The lowest BCUT2D eigenvalue weighted by molar-refractivity contribution is -0.153. The third-order valence-electron chi connectivity index (χ3n) is 8.46. The number of benzene rings is 1. The molecule has 4 aliphatic rings. The van der Waals surface area contributed by atoms with E-state index in [-0.39, 0.29) is 30.3 Å². The fourth-order valence-corrected chi connectivity index (χ4v) is 6.07. The molecular weight excluding hydrogens is 485 g/mol. The van der Waals surface area contributed by atoms with Crippen LogP contribution in [0.25, 0.3) is 0 Å². The van der Waals surface area contributed by atoms with E-state index in [0.717, 1.165) is 37.1 Å². The molecule has 2 atom stereocenters. The smallest absolute Gasteiger partial charge is 0.368 e. The molecule has 1 aromatic carbocycles. The first-order valence-corrected chi connectivity index (χ1v) is 13.5. The lowest BCUT2D eigenvalue weighted by atomic mass is 9.88. The van der Waals surface area contributed by atoms with Crippen molar-refractivity contribution in [1.82, 2.24) is 15.5 Å². The fourth-order valence-electron chi connectivity index (χ4n) is 6.07. The average Bonchev–Trinajstić information content (AvgIpc) is 3.62. The fraction of sp³-hybridized carbons (Fsp3) is 0.667. The molecular formula is C27H35F3N4O3. The number of carbonyl (C=O) groups is 3. The Bertz CT molecular complexity index is 1050. The third kappa shape index (κ3) is 5.63. The number of amides is 3. The van der Waals surface area contributed by atoms with E-state index in [1.807, 2.05) is 12.1 Å². The number of piperidine rings is 1. The normalized spacial score (nSPS) is 27.2. The van der Waals surface area contributed by atoms with Crippen LogP contribution in [0.3, 0.4) is 0 Å². The Morgan fingerprint density at radius 2 is 1.81 bits per heavy atom. The number of hydrogen-bond donors (Lipinski definition) is 2. The molecule has 2 aliphatic carbocycles. The largest absolute Gasteiger partial charge is 0.403 e. The van der Waals surface area contributed by atoms with Gasteiger partial charge in [-0.05, 0) is 63.5 Å². The van der Waals surface area contributed by atoms with Gasteiger partial charge in [-0.1, -0.05) is 18.9 Å². The molecule has 2 N–H and O–H groups in total. The van der Waals surface area contributed by atoms with Crippen LogP contribution in [-0.4, -0.2) is 59.5 Å². The number of anilines is 1. The predicted octanol–water partition coefficient (Wildman–Crippen LogP) is 3.91. The molecule has 2 aliphatic heterocycles. The first kappa shape index (κ1) is 26.0. The van der Waals surface area contributed by atoms with Crippen LogP contribution in [0, 0.1) is 5.92 Å². The van der Waals surface area contributed by atoms with Gasteiger partial charge >= 0.3 is 6.18 Å². The molecule has 10 heteroatoms. The molecule has 1 saturated heterocycles. The number of nitrogens with one attached hydrogen (secondary N) is 2. The molecule has 1 aromatic rings. The summed E-state index contributed by atoms with van der Waals surface area (Å²) < 4.78 is 39.1. The number of halogens is 3. The van der Waals surface area contributed by atoms with Gasteiger partial charge in [0.05, 0.1) is 0 Å². The summed E-state index contributed by atoms with van der Waals surface area (Å²) in [6.45, 7) is 2.33. The summed E-state index contributed by atoms with van der Waals surface area (Å²) in [6, 6.07) is 3.54. The molecule has 0 aromatic heterocycles. The van der Waals surface area contributed by atoms with Gasteiger partial charge in [-0.25, -0.2) is 0 Å². The van der Waals surface area contributed by atoms with E-state index in [1.54, 1.807) is 11.0 Å². The van der Waals surface area contributed by atoms with E-state index in [1.165, 1.54) is 19.8 Å². The summed E-state index contributed by atoms with van der Waals surface area (Å²) in [5, 5.41) is 5.11. The number of nitrogens with zero attached hydrogens (tertiary/aromatic N) is 2. The van der Waals surface area contributed by atoms with Crippen LogP contribution in [0.5, 0.6) is 0 Å². The zero-order chi connectivity index (χ0) is 26.3.